The molecule has 5 nitrogen and oxygen atoms in total. The number of hydrogen-bond acceptors (Lipinski definition) is 4. The van der Waals surface area contributed by atoms with Crippen molar-refractivity contribution in [3.05, 3.63) is 23.9 Å². The normalized spacial score (nSPS) is 19.5. The van der Waals surface area contributed by atoms with Crippen LogP contribution in [0.1, 0.15) is 31.2 Å². The van der Waals surface area contributed by atoms with Gasteiger partial charge in [0.2, 0.25) is 0 Å². The number of hydrogen-bond donors (Lipinski definition) is 2. The Hall–Kier alpha value is -0.980. The van der Waals surface area contributed by atoms with E-state index in [9.17, 15) is 8.42 Å². The van der Waals surface area contributed by atoms with Crippen molar-refractivity contribution < 1.29 is 8.42 Å². The minimum absolute atomic E-state index is 0.0834. The molecule has 0 spiro atoms. The molecule has 0 amide bonds. The van der Waals surface area contributed by atoms with Crippen molar-refractivity contribution in [2.24, 2.45) is 23.5 Å². The van der Waals surface area contributed by atoms with Gasteiger partial charge in [-0.05, 0) is 55.1 Å². The Balaban J connectivity index is 1.64. The second kappa shape index (κ2) is 5.42. The molecule has 2 aliphatic rings. The highest BCUT2D eigenvalue weighted by atomic mass is 32.2. The van der Waals surface area contributed by atoms with Gasteiger partial charge in [0.25, 0.3) is 10.0 Å². The second-order valence-electron chi connectivity index (χ2n) is 5.90. The molecule has 1 heterocycles. The van der Waals surface area contributed by atoms with Crippen molar-refractivity contribution in [3.63, 3.8) is 0 Å². The first-order valence-electron chi connectivity index (χ1n) is 7.25. The van der Waals surface area contributed by atoms with Gasteiger partial charge in [-0.25, -0.2) is 18.1 Å². The van der Waals surface area contributed by atoms with Gasteiger partial charge in [0.05, 0.1) is 0 Å². The van der Waals surface area contributed by atoms with Crippen molar-refractivity contribution in [2.75, 3.05) is 6.54 Å². The van der Waals surface area contributed by atoms with Crippen LogP contribution in [0, 0.1) is 17.8 Å². The number of aromatic nitrogens is 1. The molecule has 0 atom stereocenters. The monoisotopic (exact) mass is 295 g/mol. The van der Waals surface area contributed by atoms with Crippen LogP contribution < -0.4 is 10.5 Å². The van der Waals surface area contributed by atoms with E-state index in [1.807, 2.05) is 0 Å². The number of nitrogens with zero attached hydrogens (tertiary/aromatic N) is 1. The maximum atomic E-state index is 12.2. The quantitative estimate of drug-likeness (QED) is 0.793. The maximum absolute atomic E-state index is 12.2. The van der Waals surface area contributed by atoms with Crippen molar-refractivity contribution in [1.82, 2.24) is 9.71 Å². The molecule has 2 saturated carbocycles. The highest BCUT2D eigenvalue weighted by molar-refractivity contribution is 7.89. The van der Waals surface area contributed by atoms with Crippen LogP contribution in [0.4, 0.5) is 0 Å². The lowest BCUT2D eigenvalue weighted by molar-refractivity contribution is 0.401. The first-order valence-corrected chi connectivity index (χ1v) is 8.73. The van der Waals surface area contributed by atoms with Crippen LogP contribution in [0.3, 0.4) is 0 Å². The SMILES string of the molecule is NCc1ccc(S(=O)(=O)NCC(C2CC2)C2CC2)nc1. The Bertz CT molecular complexity index is 551. The summed E-state index contributed by atoms with van der Waals surface area (Å²) in [6.07, 6.45) is 6.55. The Morgan fingerprint density at radius 2 is 1.90 bits per heavy atom. The van der Waals surface area contributed by atoms with Crippen molar-refractivity contribution in [2.45, 2.75) is 37.3 Å². The number of nitrogens with one attached hydrogen (secondary N) is 1. The molecule has 0 bridgehead atoms. The van der Waals surface area contributed by atoms with Gasteiger partial charge in [-0.3, -0.25) is 0 Å². The molecular formula is C14H21N3O2S. The number of pyridine rings is 1. The number of nitrogens with two attached hydrogens (primary N) is 1. The van der Waals surface area contributed by atoms with E-state index in [1.54, 1.807) is 6.07 Å². The third-order valence-corrected chi connectivity index (χ3v) is 5.61. The van der Waals surface area contributed by atoms with Crippen molar-refractivity contribution in [3.8, 4) is 0 Å². The molecule has 0 radical (unpaired) electrons. The summed E-state index contributed by atoms with van der Waals surface area (Å²) in [6, 6.07) is 3.23. The van der Waals surface area contributed by atoms with Gasteiger partial charge < -0.3 is 5.73 Å². The van der Waals surface area contributed by atoms with Crippen LogP contribution in [0.2, 0.25) is 0 Å². The van der Waals surface area contributed by atoms with Gasteiger partial charge in [0, 0.05) is 19.3 Å². The van der Waals surface area contributed by atoms with E-state index >= 15 is 0 Å². The predicted octanol–water partition coefficient (Wildman–Crippen LogP) is 1.25. The molecule has 0 saturated heterocycles. The highest BCUT2D eigenvalue weighted by Gasteiger charge is 2.41. The zero-order valence-electron chi connectivity index (χ0n) is 11.5. The second-order valence-corrected chi connectivity index (χ2v) is 7.61. The van der Waals surface area contributed by atoms with Gasteiger partial charge in [0.1, 0.15) is 0 Å². The molecule has 0 unspecified atom stereocenters. The first kappa shape index (κ1) is 14.0. The molecule has 1 aromatic heterocycles. The molecule has 0 aliphatic heterocycles. The zero-order valence-corrected chi connectivity index (χ0v) is 12.3. The number of rotatable bonds is 7. The highest BCUT2D eigenvalue weighted by Crippen LogP contribution is 2.48. The van der Waals surface area contributed by atoms with E-state index < -0.39 is 10.0 Å². The summed E-state index contributed by atoms with van der Waals surface area (Å²) in [4.78, 5) is 3.99. The van der Waals surface area contributed by atoms with Crippen molar-refractivity contribution in [1.29, 1.82) is 0 Å². The van der Waals surface area contributed by atoms with Crippen LogP contribution in [-0.4, -0.2) is 19.9 Å². The Morgan fingerprint density at radius 1 is 1.25 bits per heavy atom. The summed E-state index contributed by atoms with van der Waals surface area (Å²) < 4.78 is 27.2. The largest absolute Gasteiger partial charge is 0.326 e. The molecule has 3 rings (SSSR count). The Morgan fingerprint density at radius 3 is 2.35 bits per heavy atom. The zero-order chi connectivity index (χ0) is 14.2. The molecule has 2 fully saturated rings. The fourth-order valence-corrected chi connectivity index (χ4v) is 3.74. The standard InChI is InChI=1S/C14H21N3O2S/c15-7-10-1-6-14(16-8-10)20(18,19)17-9-13(11-2-3-11)12-4-5-12/h1,6,8,11-13,17H,2-5,7,9,15H2. The molecule has 6 heteroatoms. The van der Waals surface area contributed by atoms with E-state index in [-0.39, 0.29) is 5.03 Å². The summed E-state index contributed by atoms with van der Waals surface area (Å²) in [5, 5.41) is 0.0834. The smallest absolute Gasteiger partial charge is 0.258 e. The van der Waals surface area contributed by atoms with E-state index in [0.717, 1.165) is 17.4 Å². The minimum Gasteiger partial charge on any atom is -0.326 e. The summed E-state index contributed by atoms with van der Waals surface area (Å²) in [6.45, 7) is 0.921. The molecule has 0 aromatic carbocycles. The minimum atomic E-state index is -3.49. The third-order valence-electron chi connectivity index (χ3n) is 4.27. The third kappa shape index (κ3) is 3.19. The lowest BCUT2D eigenvalue weighted by Crippen LogP contribution is -2.31. The molecule has 2 aliphatic carbocycles. The van der Waals surface area contributed by atoms with Crippen LogP contribution in [0.25, 0.3) is 0 Å². The van der Waals surface area contributed by atoms with E-state index in [2.05, 4.69) is 9.71 Å². The average Bonchev–Trinajstić information content (AvgIpc) is 3.32. The van der Waals surface area contributed by atoms with E-state index in [4.69, 9.17) is 5.73 Å². The molecular weight excluding hydrogens is 274 g/mol. The number of sulfonamides is 1. The molecule has 3 N–H and O–H groups in total. The molecule has 110 valence electrons. The predicted molar refractivity (Wildman–Crippen MR) is 76.3 cm³/mol. The van der Waals surface area contributed by atoms with Gasteiger partial charge in [-0.2, -0.15) is 0 Å². The topological polar surface area (TPSA) is 85.1 Å². The summed E-state index contributed by atoms with van der Waals surface area (Å²) in [5.41, 5.74) is 6.31. The van der Waals surface area contributed by atoms with Gasteiger partial charge in [0.15, 0.2) is 5.03 Å². The lowest BCUT2D eigenvalue weighted by atomic mass is 9.99. The summed E-state index contributed by atoms with van der Waals surface area (Å²) in [5.74, 6) is 1.99. The Labute approximate surface area is 120 Å². The molecule has 1 aromatic rings. The van der Waals surface area contributed by atoms with Crippen molar-refractivity contribution >= 4 is 10.0 Å². The fourth-order valence-electron chi connectivity index (χ4n) is 2.74. The maximum Gasteiger partial charge on any atom is 0.258 e. The summed E-state index contributed by atoms with van der Waals surface area (Å²) >= 11 is 0. The van der Waals surface area contributed by atoms with Gasteiger partial charge in [-0.1, -0.05) is 6.07 Å². The van der Waals surface area contributed by atoms with E-state index in [1.165, 1.54) is 37.9 Å². The van der Waals surface area contributed by atoms with Crippen LogP contribution in [-0.2, 0) is 16.6 Å². The van der Waals surface area contributed by atoms with Gasteiger partial charge in [-0.15, -0.1) is 0 Å². The first-order chi connectivity index (χ1) is 9.60. The van der Waals surface area contributed by atoms with Crippen LogP contribution in [0.15, 0.2) is 23.4 Å². The molecule has 20 heavy (non-hydrogen) atoms. The van der Waals surface area contributed by atoms with Crippen LogP contribution in [0.5, 0.6) is 0 Å². The van der Waals surface area contributed by atoms with E-state index in [0.29, 0.717) is 19.0 Å². The van der Waals surface area contributed by atoms with Crippen LogP contribution >= 0.6 is 0 Å². The summed E-state index contributed by atoms with van der Waals surface area (Å²) in [7, 11) is -3.49. The average molecular weight is 295 g/mol. The van der Waals surface area contributed by atoms with Gasteiger partial charge >= 0.3 is 0 Å². The lowest BCUT2D eigenvalue weighted by Gasteiger charge is -2.16. The fraction of sp³-hybridized carbons (Fsp3) is 0.643. The Kier molecular flexibility index (Phi) is 3.79.